The first-order valence-electron chi connectivity index (χ1n) is 11.5. The Morgan fingerprint density at radius 1 is 0.886 bits per heavy atom. The molecule has 0 aliphatic rings. The second-order valence-corrected chi connectivity index (χ2v) is 9.14. The lowest BCUT2D eigenvalue weighted by Crippen LogP contribution is -2.31. The molecule has 0 aliphatic heterocycles. The van der Waals surface area contributed by atoms with Crippen LogP contribution in [0.3, 0.4) is 0 Å². The van der Waals surface area contributed by atoms with Gasteiger partial charge in [-0.2, -0.15) is 0 Å². The highest BCUT2D eigenvalue weighted by atomic mass is 32.2. The number of thioether (sulfide) groups is 1. The van der Waals surface area contributed by atoms with Crippen molar-refractivity contribution >= 4 is 34.3 Å². The standard InChI is InChI=1S/C27H25N5O2S/c1-2-30(17-20-11-5-3-6-12-20)24(33)19-35-27-29-28-26-31(18-21-13-7-4-8-14-21)25(34)22-15-9-10-16-23(22)32(26)27/h3-16H,2,17-19H2,1H3. The summed E-state index contributed by atoms with van der Waals surface area (Å²) < 4.78 is 3.52. The Bertz CT molecular complexity index is 1530. The predicted octanol–water partition coefficient (Wildman–Crippen LogP) is 4.23. The Kier molecular flexibility index (Phi) is 6.63. The Balaban J connectivity index is 1.47. The molecule has 5 aromatic rings. The van der Waals surface area contributed by atoms with E-state index in [1.165, 1.54) is 11.8 Å². The number of carbonyl (C=O) groups is 1. The van der Waals surface area contributed by atoms with Crippen molar-refractivity contribution < 1.29 is 4.79 Å². The van der Waals surface area contributed by atoms with E-state index in [0.29, 0.717) is 36.0 Å². The maximum Gasteiger partial charge on any atom is 0.263 e. The lowest BCUT2D eigenvalue weighted by molar-refractivity contribution is -0.128. The number of hydrogen-bond acceptors (Lipinski definition) is 5. The molecule has 3 aromatic carbocycles. The number of nitrogens with zero attached hydrogens (tertiary/aromatic N) is 5. The van der Waals surface area contributed by atoms with Crippen LogP contribution in [0.2, 0.25) is 0 Å². The lowest BCUT2D eigenvalue weighted by atomic mass is 10.2. The SMILES string of the molecule is CCN(Cc1ccccc1)C(=O)CSc1nnc2n(Cc3ccccc3)c(=O)c3ccccc3n12. The Labute approximate surface area is 207 Å². The van der Waals surface area contributed by atoms with Crippen molar-refractivity contribution in [1.82, 2.24) is 24.1 Å². The highest BCUT2D eigenvalue weighted by Crippen LogP contribution is 2.22. The number of benzene rings is 3. The van der Waals surface area contributed by atoms with Crippen LogP contribution < -0.4 is 5.56 Å². The fourth-order valence-electron chi connectivity index (χ4n) is 4.13. The summed E-state index contributed by atoms with van der Waals surface area (Å²) in [5, 5.41) is 9.91. The van der Waals surface area contributed by atoms with Crippen molar-refractivity contribution in [2.24, 2.45) is 0 Å². The number of fused-ring (bicyclic) bond motifs is 3. The third kappa shape index (κ3) is 4.70. The molecule has 8 heteroatoms. The van der Waals surface area contributed by atoms with Crippen LogP contribution in [0.1, 0.15) is 18.1 Å². The van der Waals surface area contributed by atoms with Crippen LogP contribution in [0, 0.1) is 0 Å². The molecule has 0 radical (unpaired) electrons. The van der Waals surface area contributed by atoms with Crippen LogP contribution in [-0.2, 0) is 17.9 Å². The van der Waals surface area contributed by atoms with E-state index in [4.69, 9.17) is 0 Å². The van der Waals surface area contributed by atoms with Gasteiger partial charge in [0.1, 0.15) is 0 Å². The largest absolute Gasteiger partial charge is 0.338 e. The van der Waals surface area contributed by atoms with Crippen LogP contribution in [0.15, 0.2) is 94.9 Å². The van der Waals surface area contributed by atoms with Gasteiger partial charge in [-0.3, -0.25) is 18.6 Å². The molecule has 0 saturated heterocycles. The van der Waals surface area contributed by atoms with E-state index >= 15 is 0 Å². The third-order valence-electron chi connectivity index (χ3n) is 5.94. The number of amides is 1. The van der Waals surface area contributed by atoms with Crippen LogP contribution in [0.4, 0.5) is 0 Å². The number of carbonyl (C=O) groups excluding carboxylic acids is 1. The Morgan fingerprint density at radius 3 is 2.26 bits per heavy atom. The summed E-state index contributed by atoms with van der Waals surface area (Å²) in [5.74, 6) is 0.720. The van der Waals surface area contributed by atoms with Gasteiger partial charge in [0.05, 0.1) is 23.2 Å². The van der Waals surface area contributed by atoms with Gasteiger partial charge in [0.15, 0.2) is 5.16 Å². The van der Waals surface area contributed by atoms with E-state index in [-0.39, 0.29) is 17.2 Å². The molecule has 1 amide bonds. The number of hydrogen-bond donors (Lipinski definition) is 0. The Morgan fingerprint density at radius 2 is 1.54 bits per heavy atom. The molecular formula is C27H25N5O2S. The predicted molar refractivity (Wildman–Crippen MR) is 139 cm³/mol. The van der Waals surface area contributed by atoms with E-state index in [2.05, 4.69) is 10.2 Å². The minimum Gasteiger partial charge on any atom is -0.338 e. The molecule has 5 rings (SSSR count). The molecule has 0 N–H and O–H groups in total. The Hall–Kier alpha value is -3.91. The summed E-state index contributed by atoms with van der Waals surface area (Å²) in [7, 11) is 0. The monoisotopic (exact) mass is 483 g/mol. The molecule has 0 saturated carbocycles. The summed E-state index contributed by atoms with van der Waals surface area (Å²) in [4.78, 5) is 28.2. The highest BCUT2D eigenvalue weighted by Gasteiger charge is 2.19. The first kappa shape index (κ1) is 22.9. The van der Waals surface area contributed by atoms with Crippen LogP contribution >= 0.6 is 11.8 Å². The normalized spacial score (nSPS) is 11.2. The number of aromatic nitrogens is 4. The molecular weight excluding hydrogens is 458 g/mol. The molecule has 0 atom stereocenters. The zero-order valence-corrected chi connectivity index (χ0v) is 20.2. The van der Waals surface area contributed by atoms with Crippen molar-refractivity contribution in [1.29, 1.82) is 0 Å². The van der Waals surface area contributed by atoms with Gasteiger partial charge in [-0.25, -0.2) is 0 Å². The first-order valence-corrected chi connectivity index (χ1v) is 12.5. The zero-order chi connectivity index (χ0) is 24.2. The third-order valence-corrected chi connectivity index (χ3v) is 6.85. The molecule has 0 bridgehead atoms. The molecule has 0 spiro atoms. The molecule has 7 nitrogen and oxygen atoms in total. The van der Waals surface area contributed by atoms with Gasteiger partial charge in [0, 0.05) is 13.1 Å². The van der Waals surface area contributed by atoms with Crippen molar-refractivity contribution in [3.05, 3.63) is 106 Å². The highest BCUT2D eigenvalue weighted by molar-refractivity contribution is 7.99. The fourth-order valence-corrected chi connectivity index (χ4v) is 4.98. The summed E-state index contributed by atoms with van der Waals surface area (Å²) in [6.45, 7) is 3.55. The summed E-state index contributed by atoms with van der Waals surface area (Å²) in [6.07, 6.45) is 0. The quantitative estimate of drug-likeness (QED) is 0.309. The molecule has 2 heterocycles. The van der Waals surface area contributed by atoms with E-state index in [0.717, 1.165) is 16.6 Å². The van der Waals surface area contributed by atoms with Crippen LogP contribution in [-0.4, -0.2) is 42.3 Å². The van der Waals surface area contributed by atoms with Crippen molar-refractivity contribution in [2.75, 3.05) is 12.3 Å². The van der Waals surface area contributed by atoms with Gasteiger partial charge < -0.3 is 4.90 Å². The second-order valence-electron chi connectivity index (χ2n) is 8.19. The second kappa shape index (κ2) is 10.1. The van der Waals surface area contributed by atoms with Gasteiger partial charge in [0.2, 0.25) is 11.7 Å². The molecule has 2 aromatic heterocycles. The smallest absolute Gasteiger partial charge is 0.263 e. The fraction of sp³-hybridized carbons (Fsp3) is 0.185. The van der Waals surface area contributed by atoms with Gasteiger partial charge >= 0.3 is 0 Å². The van der Waals surface area contributed by atoms with E-state index < -0.39 is 0 Å². The molecule has 0 unspecified atom stereocenters. The molecule has 0 fully saturated rings. The first-order chi connectivity index (χ1) is 17.2. The van der Waals surface area contributed by atoms with E-state index in [1.807, 2.05) is 101 Å². The van der Waals surface area contributed by atoms with Crippen molar-refractivity contribution in [2.45, 2.75) is 25.2 Å². The van der Waals surface area contributed by atoms with Gasteiger partial charge in [-0.1, -0.05) is 84.6 Å². The molecule has 176 valence electrons. The maximum atomic E-state index is 13.3. The van der Waals surface area contributed by atoms with Gasteiger partial charge in [0.25, 0.3) is 5.56 Å². The summed E-state index contributed by atoms with van der Waals surface area (Å²) in [6, 6.07) is 27.2. The zero-order valence-electron chi connectivity index (χ0n) is 19.4. The molecule has 35 heavy (non-hydrogen) atoms. The van der Waals surface area contributed by atoms with Crippen LogP contribution in [0.25, 0.3) is 16.7 Å². The van der Waals surface area contributed by atoms with E-state index in [1.54, 1.807) is 4.57 Å². The van der Waals surface area contributed by atoms with Gasteiger partial charge in [-0.05, 0) is 30.2 Å². The molecule has 0 aliphatic carbocycles. The van der Waals surface area contributed by atoms with Crippen molar-refractivity contribution in [3.63, 3.8) is 0 Å². The minimum absolute atomic E-state index is 0.0278. The van der Waals surface area contributed by atoms with Crippen molar-refractivity contribution in [3.8, 4) is 0 Å². The van der Waals surface area contributed by atoms with Crippen LogP contribution in [0.5, 0.6) is 0 Å². The summed E-state index contributed by atoms with van der Waals surface area (Å²) >= 11 is 1.34. The average Bonchev–Trinajstić information content (AvgIpc) is 3.33. The summed E-state index contributed by atoms with van der Waals surface area (Å²) in [5.41, 5.74) is 2.71. The number of rotatable bonds is 8. The minimum atomic E-state index is -0.114. The lowest BCUT2D eigenvalue weighted by Gasteiger charge is -2.20. The average molecular weight is 484 g/mol. The maximum absolute atomic E-state index is 13.3. The number of para-hydroxylation sites is 1. The topological polar surface area (TPSA) is 72.5 Å². The van der Waals surface area contributed by atoms with E-state index in [9.17, 15) is 9.59 Å². The van der Waals surface area contributed by atoms with Gasteiger partial charge in [-0.15, -0.1) is 10.2 Å².